The lowest BCUT2D eigenvalue weighted by molar-refractivity contribution is -0.150. The van der Waals surface area contributed by atoms with Gasteiger partial charge in [-0.1, -0.05) is 24.3 Å². The van der Waals surface area contributed by atoms with Gasteiger partial charge in [-0.25, -0.2) is 19.4 Å². The number of fused-ring (bicyclic) bond motifs is 5. The monoisotopic (exact) mass is 725 g/mol. The highest BCUT2D eigenvalue weighted by molar-refractivity contribution is 5.99. The molecule has 3 aromatic rings. The van der Waals surface area contributed by atoms with Gasteiger partial charge in [0.15, 0.2) is 12.4 Å². The Labute approximate surface area is 308 Å². The molecule has 0 unspecified atom stereocenters. The second kappa shape index (κ2) is 14.3. The third-order valence-corrected chi connectivity index (χ3v) is 10.9. The lowest BCUT2D eigenvalue weighted by Crippen LogP contribution is -2.51. The summed E-state index contributed by atoms with van der Waals surface area (Å²) in [6.45, 7) is 7.22. The molecule has 3 heterocycles. The molecule has 3 fully saturated rings. The van der Waals surface area contributed by atoms with Gasteiger partial charge in [0.05, 0.1) is 25.0 Å². The van der Waals surface area contributed by atoms with Crippen LogP contribution < -0.4 is 5.32 Å². The van der Waals surface area contributed by atoms with Gasteiger partial charge in [-0.3, -0.25) is 14.5 Å². The van der Waals surface area contributed by atoms with Crippen molar-refractivity contribution < 1.29 is 38.2 Å². The second-order valence-corrected chi connectivity index (χ2v) is 15.6. The fraction of sp³-hybridized carbons (Fsp3) is 0.500. The average Bonchev–Trinajstić information content (AvgIpc) is 3.96. The van der Waals surface area contributed by atoms with Crippen LogP contribution in [0.3, 0.4) is 0 Å². The number of nitrogens with zero attached hydrogens (tertiary/aromatic N) is 3. The largest absolute Gasteiger partial charge is 0.456 e. The highest BCUT2D eigenvalue weighted by Gasteiger charge is 2.53. The quantitative estimate of drug-likeness (QED) is 0.167. The molecule has 2 aromatic carbocycles. The van der Waals surface area contributed by atoms with Crippen LogP contribution in [0, 0.1) is 5.92 Å². The number of aryl methyl sites for hydroxylation is 2. The first-order valence-electron chi connectivity index (χ1n) is 18.5. The number of ether oxygens (including phenoxy) is 3. The molecule has 0 radical (unpaired) electrons. The maximum atomic E-state index is 13.3. The Bertz CT molecular complexity index is 1950. The summed E-state index contributed by atoms with van der Waals surface area (Å²) in [4.78, 5) is 75.7. The lowest BCUT2D eigenvalue weighted by Gasteiger charge is -2.35. The number of methoxy groups -OCH3 is 1. The van der Waals surface area contributed by atoms with E-state index >= 15 is 0 Å². The zero-order chi connectivity index (χ0) is 37.6. The third-order valence-electron chi connectivity index (χ3n) is 10.9. The Hall–Kier alpha value is -5.20. The van der Waals surface area contributed by atoms with E-state index in [9.17, 15) is 24.0 Å². The van der Waals surface area contributed by atoms with Crippen LogP contribution in [0.15, 0.2) is 42.6 Å². The normalized spacial score (nSPS) is 22.1. The lowest BCUT2D eigenvalue weighted by atomic mass is 9.83. The standard InChI is InChI=1S/C40H47N5O8/c1-22(42-38(49)51-5)36(47)44-16-6-7-32(44)35-41-20-31(43-35)25-11-14-29-23(17-25)8-9-24-18-26(12-15-30(24)29)33(46)21-52-37(48)34-27-10-13-28(19-27)45(34)39(50)53-40(2,3)4/h11-12,14-15,17-18,20,22,27-28,32,34H,6-10,13,16,19,21H2,1-5H3,(H,41,43)(H,42,49)/t22-,27-,28+,32-,34-/m0/s1. The minimum absolute atomic E-state index is 0.00943. The van der Waals surface area contributed by atoms with E-state index in [0.717, 1.165) is 72.9 Å². The summed E-state index contributed by atoms with van der Waals surface area (Å²) < 4.78 is 15.8. The Morgan fingerprint density at radius 1 is 1.00 bits per heavy atom. The zero-order valence-electron chi connectivity index (χ0n) is 30.9. The van der Waals surface area contributed by atoms with Crippen LogP contribution >= 0.6 is 0 Å². The van der Waals surface area contributed by atoms with Gasteiger partial charge in [0.2, 0.25) is 5.91 Å². The van der Waals surface area contributed by atoms with Crippen LogP contribution in [0.2, 0.25) is 0 Å². The first-order valence-corrected chi connectivity index (χ1v) is 18.5. The molecular weight excluding hydrogens is 678 g/mol. The Balaban J connectivity index is 0.997. The summed E-state index contributed by atoms with van der Waals surface area (Å²) in [7, 11) is 1.27. The predicted molar refractivity (Wildman–Crippen MR) is 194 cm³/mol. The van der Waals surface area contributed by atoms with Crippen molar-refractivity contribution in [2.45, 2.75) is 102 Å². The Morgan fingerprint density at radius 3 is 2.47 bits per heavy atom. The van der Waals surface area contributed by atoms with E-state index in [0.29, 0.717) is 17.9 Å². The van der Waals surface area contributed by atoms with Crippen molar-refractivity contribution in [3.63, 3.8) is 0 Å². The highest BCUT2D eigenvalue weighted by Crippen LogP contribution is 2.44. The van der Waals surface area contributed by atoms with Gasteiger partial charge in [-0.05, 0) is 119 Å². The fourth-order valence-electron chi connectivity index (χ4n) is 8.42. The number of aromatic amines is 1. The molecule has 53 heavy (non-hydrogen) atoms. The van der Waals surface area contributed by atoms with E-state index in [1.807, 2.05) is 18.2 Å². The summed E-state index contributed by atoms with van der Waals surface area (Å²) in [5.74, 6) is -0.314. The summed E-state index contributed by atoms with van der Waals surface area (Å²) in [5.41, 5.74) is 6.02. The van der Waals surface area contributed by atoms with Crippen LogP contribution in [-0.4, -0.2) is 93.6 Å². The molecule has 2 N–H and O–H groups in total. The van der Waals surface area contributed by atoms with Crippen LogP contribution in [0.4, 0.5) is 9.59 Å². The van der Waals surface area contributed by atoms with Gasteiger partial charge in [-0.2, -0.15) is 0 Å². The van der Waals surface area contributed by atoms with E-state index < -0.39 is 42.4 Å². The number of ketones is 1. The molecule has 7 rings (SSSR count). The second-order valence-electron chi connectivity index (χ2n) is 15.6. The molecule has 0 spiro atoms. The molecular formula is C40H47N5O8. The number of likely N-dealkylation sites (tertiary alicyclic amines) is 2. The molecule has 2 aliphatic carbocycles. The Kier molecular flexibility index (Phi) is 9.77. The number of carbonyl (C=O) groups is 5. The summed E-state index contributed by atoms with van der Waals surface area (Å²) in [6, 6.07) is 10.2. The SMILES string of the molecule is COC(=O)N[C@@H](C)C(=O)N1CCC[C@H]1c1ncc(-c2ccc3c(c2)CCc2cc(C(=O)COC(=O)[C@@H]4[C@H]5CC[C@H](C5)N4C(=O)OC(C)(C)C)ccc2-3)[nH]1. The van der Waals surface area contributed by atoms with E-state index in [1.165, 1.54) is 17.6 Å². The summed E-state index contributed by atoms with van der Waals surface area (Å²) >= 11 is 0. The number of imidazole rings is 1. The van der Waals surface area contributed by atoms with Gasteiger partial charge in [0.25, 0.3) is 0 Å². The molecule has 13 heteroatoms. The predicted octanol–water partition coefficient (Wildman–Crippen LogP) is 5.76. The fourth-order valence-corrected chi connectivity index (χ4v) is 8.42. The van der Waals surface area contributed by atoms with E-state index in [-0.39, 0.29) is 29.7 Å². The van der Waals surface area contributed by atoms with Crippen molar-refractivity contribution >= 4 is 29.8 Å². The number of Topliss-reactive ketones (excluding diaryl/α,β-unsaturated/α-hetero) is 1. The Morgan fingerprint density at radius 2 is 1.74 bits per heavy atom. The number of hydrogen-bond donors (Lipinski definition) is 2. The number of H-pyrrole nitrogens is 1. The van der Waals surface area contributed by atoms with Crippen LogP contribution in [0.25, 0.3) is 22.4 Å². The number of hydrogen-bond acceptors (Lipinski definition) is 9. The number of esters is 1. The molecule has 5 atom stereocenters. The van der Waals surface area contributed by atoms with Crippen molar-refractivity contribution in [2.24, 2.45) is 5.92 Å². The molecule has 1 saturated carbocycles. The number of amides is 3. The van der Waals surface area contributed by atoms with Gasteiger partial charge >= 0.3 is 18.2 Å². The minimum atomic E-state index is -0.734. The van der Waals surface area contributed by atoms with Crippen molar-refractivity contribution in [1.82, 2.24) is 25.1 Å². The van der Waals surface area contributed by atoms with Crippen LogP contribution in [0.1, 0.15) is 93.2 Å². The van der Waals surface area contributed by atoms with Gasteiger partial charge in [-0.15, -0.1) is 0 Å². The molecule has 2 aliphatic heterocycles. The molecule has 4 aliphatic rings. The van der Waals surface area contributed by atoms with Gasteiger partial charge in [0.1, 0.15) is 23.5 Å². The van der Waals surface area contributed by atoms with Crippen molar-refractivity contribution in [3.8, 4) is 22.4 Å². The van der Waals surface area contributed by atoms with Crippen LogP contribution in [-0.2, 0) is 36.6 Å². The first kappa shape index (κ1) is 36.2. The van der Waals surface area contributed by atoms with Crippen molar-refractivity contribution in [3.05, 3.63) is 65.1 Å². The molecule has 1 aromatic heterocycles. The first-order chi connectivity index (χ1) is 25.3. The van der Waals surface area contributed by atoms with E-state index in [1.54, 1.807) is 44.9 Å². The number of aromatic nitrogens is 2. The molecule has 3 amide bonds. The molecule has 13 nitrogen and oxygen atoms in total. The topological polar surface area (TPSA) is 160 Å². The zero-order valence-corrected chi connectivity index (χ0v) is 30.9. The number of rotatable bonds is 8. The molecule has 2 bridgehead atoms. The third kappa shape index (κ3) is 7.25. The van der Waals surface area contributed by atoms with E-state index in [4.69, 9.17) is 9.47 Å². The number of nitrogens with one attached hydrogen (secondary N) is 2. The van der Waals surface area contributed by atoms with Crippen molar-refractivity contribution in [1.29, 1.82) is 0 Å². The van der Waals surface area contributed by atoms with Crippen LogP contribution in [0.5, 0.6) is 0 Å². The average molecular weight is 726 g/mol. The summed E-state index contributed by atoms with van der Waals surface area (Å²) in [5, 5.41) is 2.55. The number of benzene rings is 2. The smallest absolute Gasteiger partial charge is 0.411 e. The molecule has 2 saturated heterocycles. The maximum absolute atomic E-state index is 13.3. The van der Waals surface area contributed by atoms with Crippen molar-refractivity contribution in [2.75, 3.05) is 20.3 Å². The van der Waals surface area contributed by atoms with E-state index in [2.05, 4.69) is 32.2 Å². The number of alkyl carbamates (subject to hydrolysis) is 1. The van der Waals surface area contributed by atoms with Gasteiger partial charge < -0.3 is 29.4 Å². The molecule has 280 valence electrons. The highest BCUT2D eigenvalue weighted by atomic mass is 16.6. The maximum Gasteiger partial charge on any atom is 0.411 e. The number of carbonyl (C=O) groups excluding carboxylic acids is 5. The van der Waals surface area contributed by atoms with Gasteiger partial charge in [0, 0.05) is 18.2 Å². The summed E-state index contributed by atoms with van der Waals surface area (Å²) in [6.07, 6.45) is 6.18. The minimum Gasteiger partial charge on any atom is -0.456 e. The number of piperidine rings is 1.